The van der Waals surface area contributed by atoms with Crippen LogP contribution in [0.25, 0.3) is 0 Å². The highest BCUT2D eigenvalue weighted by Gasteiger charge is 2.23. The first-order chi connectivity index (χ1) is 13.1. The van der Waals surface area contributed by atoms with Crippen molar-refractivity contribution in [2.75, 3.05) is 12.5 Å². The van der Waals surface area contributed by atoms with Gasteiger partial charge in [0.15, 0.2) is 0 Å². The normalized spacial score (nSPS) is 15.6. The molecule has 1 aliphatic carbocycles. The molecular weight excluding hydrogens is 370 g/mol. The average Bonchev–Trinajstić information content (AvgIpc) is 2.71. The van der Waals surface area contributed by atoms with Crippen LogP contribution in [0.15, 0.2) is 30.3 Å². The number of carbonyl (C=O) groups is 3. The standard InChI is InChI=1S/C19H25NO6S/c20-16(18(22)24-11-14-7-3-1-4-8-14)12-27-19(23)26-13-25-17(21)15-9-5-2-6-10-15/h1,3-4,7-8,15-16H,2,5-6,9-13,20H2/t16-/m0/s1. The Balaban J connectivity index is 1.57. The molecule has 2 rings (SSSR count). The topological polar surface area (TPSA) is 105 Å². The second kappa shape index (κ2) is 11.6. The van der Waals surface area contributed by atoms with E-state index in [1.54, 1.807) is 0 Å². The number of hydrogen-bond acceptors (Lipinski definition) is 8. The Morgan fingerprint density at radius 3 is 2.44 bits per heavy atom. The van der Waals surface area contributed by atoms with Crippen LogP contribution in [0.5, 0.6) is 0 Å². The summed E-state index contributed by atoms with van der Waals surface area (Å²) in [5.41, 5.74) is 6.57. The molecule has 0 radical (unpaired) electrons. The van der Waals surface area contributed by atoms with Crippen molar-refractivity contribution in [1.82, 2.24) is 0 Å². The first kappa shape index (κ1) is 21.2. The lowest BCUT2D eigenvalue weighted by molar-refractivity contribution is -0.157. The van der Waals surface area contributed by atoms with Crippen molar-refractivity contribution >= 4 is 29.0 Å². The van der Waals surface area contributed by atoms with Crippen LogP contribution < -0.4 is 5.73 Å². The summed E-state index contributed by atoms with van der Waals surface area (Å²) in [6, 6.07) is 8.27. The molecule has 0 heterocycles. The van der Waals surface area contributed by atoms with Gasteiger partial charge in [-0.05, 0) is 30.2 Å². The molecule has 0 spiro atoms. The zero-order valence-electron chi connectivity index (χ0n) is 15.1. The molecule has 1 fully saturated rings. The third kappa shape index (κ3) is 8.01. The Hall–Kier alpha value is -2.06. The largest absolute Gasteiger partial charge is 0.460 e. The molecule has 0 amide bonds. The minimum atomic E-state index is -0.948. The van der Waals surface area contributed by atoms with Crippen LogP contribution in [-0.4, -0.2) is 35.8 Å². The first-order valence-electron chi connectivity index (χ1n) is 8.98. The summed E-state index contributed by atoms with van der Waals surface area (Å²) in [6.07, 6.45) is 4.83. The third-order valence-electron chi connectivity index (χ3n) is 4.22. The number of thioether (sulfide) groups is 1. The van der Waals surface area contributed by atoms with Crippen LogP contribution in [0, 0.1) is 5.92 Å². The van der Waals surface area contributed by atoms with Crippen LogP contribution in [0.1, 0.15) is 37.7 Å². The van der Waals surface area contributed by atoms with Gasteiger partial charge in [-0.3, -0.25) is 9.59 Å². The van der Waals surface area contributed by atoms with E-state index in [0.717, 1.165) is 49.4 Å². The first-order valence-corrected chi connectivity index (χ1v) is 9.97. The summed E-state index contributed by atoms with van der Waals surface area (Å²) in [5.74, 6) is -1.00. The van der Waals surface area contributed by atoms with E-state index in [9.17, 15) is 14.4 Å². The fourth-order valence-corrected chi connectivity index (χ4v) is 3.28. The SMILES string of the molecule is N[C@@H](CSC(=O)OCOC(=O)C1CCCCC1)C(=O)OCc1ccccc1. The van der Waals surface area contributed by atoms with Gasteiger partial charge in [0.2, 0.25) is 6.79 Å². The molecule has 148 valence electrons. The van der Waals surface area contributed by atoms with E-state index in [1.165, 1.54) is 0 Å². The molecule has 1 aromatic carbocycles. The molecule has 8 heteroatoms. The third-order valence-corrected chi connectivity index (χ3v) is 5.10. The smallest absolute Gasteiger partial charge is 0.370 e. The van der Waals surface area contributed by atoms with Crippen LogP contribution in [0.4, 0.5) is 4.79 Å². The molecule has 1 atom stereocenters. The monoisotopic (exact) mass is 395 g/mol. The Labute approximate surface area is 162 Å². The van der Waals surface area contributed by atoms with Crippen LogP contribution >= 0.6 is 11.8 Å². The number of nitrogens with two attached hydrogens (primary N) is 1. The molecule has 1 saturated carbocycles. The van der Waals surface area contributed by atoms with E-state index < -0.39 is 24.1 Å². The van der Waals surface area contributed by atoms with Crippen molar-refractivity contribution in [2.45, 2.75) is 44.8 Å². The Morgan fingerprint density at radius 1 is 1.04 bits per heavy atom. The number of hydrogen-bond donors (Lipinski definition) is 1. The van der Waals surface area contributed by atoms with E-state index in [2.05, 4.69) is 0 Å². The molecule has 1 aliphatic rings. The summed E-state index contributed by atoms with van der Waals surface area (Å²) in [5, 5.41) is -0.655. The zero-order chi connectivity index (χ0) is 19.5. The number of rotatable bonds is 8. The molecule has 0 saturated heterocycles. The van der Waals surface area contributed by atoms with Gasteiger partial charge in [0, 0.05) is 5.75 Å². The molecule has 0 bridgehead atoms. The predicted molar refractivity (Wildman–Crippen MR) is 101 cm³/mol. The summed E-state index contributed by atoms with van der Waals surface area (Å²) in [6.45, 7) is -0.297. The highest BCUT2D eigenvalue weighted by Crippen LogP contribution is 2.24. The Kier molecular flexibility index (Phi) is 9.13. The maximum absolute atomic E-state index is 11.8. The highest BCUT2D eigenvalue weighted by atomic mass is 32.2. The van der Waals surface area contributed by atoms with Gasteiger partial charge in [-0.25, -0.2) is 4.79 Å². The van der Waals surface area contributed by atoms with Gasteiger partial charge in [-0.2, -0.15) is 0 Å². The summed E-state index contributed by atoms with van der Waals surface area (Å²) in [4.78, 5) is 35.3. The second-order valence-corrected chi connectivity index (χ2v) is 7.28. The molecule has 7 nitrogen and oxygen atoms in total. The van der Waals surface area contributed by atoms with Crippen molar-refractivity contribution < 1.29 is 28.6 Å². The molecule has 0 aliphatic heterocycles. The average molecular weight is 395 g/mol. The van der Waals surface area contributed by atoms with E-state index >= 15 is 0 Å². The molecule has 0 unspecified atom stereocenters. The van der Waals surface area contributed by atoms with Crippen LogP contribution in [0.2, 0.25) is 0 Å². The molecule has 1 aromatic rings. The van der Waals surface area contributed by atoms with E-state index in [1.807, 2.05) is 30.3 Å². The van der Waals surface area contributed by atoms with Gasteiger partial charge < -0.3 is 19.9 Å². The highest BCUT2D eigenvalue weighted by molar-refractivity contribution is 8.13. The number of benzene rings is 1. The lowest BCUT2D eigenvalue weighted by Crippen LogP contribution is -2.35. The van der Waals surface area contributed by atoms with Gasteiger partial charge in [-0.1, -0.05) is 49.6 Å². The minimum Gasteiger partial charge on any atom is -0.460 e. The van der Waals surface area contributed by atoms with Crippen LogP contribution in [-0.2, 0) is 30.4 Å². The van der Waals surface area contributed by atoms with Crippen molar-refractivity contribution in [1.29, 1.82) is 0 Å². The van der Waals surface area contributed by atoms with E-state index in [0.29, 0.717) is 0 Å². The lowest BCUT2D eigenvalue weighted by Gasteiger charge is -2.19. The van der Waals surface area contributed by atoms with Crippen LogP contribution in [0.3, 0.4) is 0 Å². The molecule has 2 N–H and O–H groups in total. The predicted octanol–water partition coefficient (Wildman–Crippen LogP) is 3.01. The molecular formula is C19H25NO6S. The second-order valence-electron chi connectivity index (χ2n) is 6.32. The summed E-state index contributed by atoms with van der Waals surface area (Å²) < 4.78 is 14.9. The fourth-order valence-electron chi connectivity index (χ4n) is 2.70. The zero-order valence-corrected chi connectivity index (χ0v) is 15.9. The Bertz CT molecular complexity index is 618. The minimum absolute atomic E-state index is 0.0169. The lowest BCUT2D eigenvalue weighted by atomic mass is 9.89. The summed E-state index contributed by atoms with van der Waals surface area (Å²) >= 11 is 0.744. The maximum atomic E-state index is 11.8. The summed E-state index contributed by atoms with van der Waals surface area (Å²) in [7, 11) is 0. The molecule has 27 heavy (non-hydrogen) atoms. The quantitative estimate of drug-likeness (QED) is 0.529. The van der Waals surface area contributed by atoms with Crippen molar-refractivity contribution in [3.05, 3.63) is 35.9 Å². The van der Waals surface area contributed by atoms with Gasteiger partial charge >= 0.3 is 17.2 Å². The van der Waals surface area contributed by atoms with Crippen molar-refractivity contribution in [3.63, 3.8) is 0 Å². The van der Waals surface area contributed by atoms with Gasteiger partial charge in [0.25, 0.3) is 0 Å². The number of esters is 2. The fraction of sp³-hybridized carbons (Fsp3) is 0.526. The van der Waals surface area contributed by atoms with Gasteiger partial charge in [-0.15, -0.1) is 0 Å². The van der Waals surface area contributed by atoms with Crippen molar-refractivity contribution in [2.24, 2.45) is 11.7 Å². The van der Waals surface area contributed by atoms with E-state index in [-0.39, 0.29) is 24.2 Å². The van der Waals surface area contributed by atoms with Crippen molar-refractivity contribution in [3.8, 4) is 0 Å². The Morgan fingerprint density at radius 2 is 1.74 bits per heavy atom. The number of carbonyl (C=O) groups excluding carboxylic acids is 3. The van der Waals surface area contributed by atoms with Gasteiger partial charge in [0.05, 0.1) is 5.92 Å². The van der Waals surface area contributed by atoms with E-state index in [4.69, 9.17) is 19.9 Å². The number of ether oxygens (including phenoxy) is 3. The van der Waals surface area contributed by atoms with Gasteiger partial charge in [0.1, 0.15) is 12.6 Å². The molecule has 0 aromatic heterocycles. The maximum Gasteiger partial charge on any atom is 0.370 e.